The Kier molecular flexibility index (Phi) is 5.25. The van der Waals surface area contributed by atoms with Crippen LogP contribution in [0.5, 0.6) is 5.75 Å². The van der Waals surface area contributed by atoms with E-state index in [4.69, 9.17) is 16.3 Å². The Morgan fingerprint density at radius 3 is 2.48 bits per heavy atom. The first-order chi connectivity index (χ1) is 15.8. The molecule has 2 amide bonds. The van der Waals surface area contributed by atoms with Crippen molar-refractivity contribution < 1.29 is 13.9 Å². The Balaban J connectivity index is 1.39. The van der Waals surface area contributed by atoms with E-state index in [1.807, 2.05) is 44.2 Å². The van der Waals surface area contributed by atoms with E-state index in [1.54, 1.807) is 24.3 Å². The van der Waals surface area contributed by atoms with E-state index in [-0.39, 0.29) is 17.4 Å². The second-order valence-electron chi connectivity index (χ2n) is 8.86. The molecule has 0 aromatic heterocycles. The lowest BCUT2D eigenvalue weighted by Gasteiger charge is -2.19. The van der Waals surface area contributed by atoms with Crippen LogP contribution in [0.15, 0.2) is 66.7 Å². The van der Waals surface area contributed by atoms with Crippen molar-refractivity contribution in [1.82, 2.24) is 10.4 Å². The Morgan fingerprint density at radius 2 is 1.76 bits per heavy atom. The van der Waals surface area contributed by atoms with E-state index in [9.17, 15) is 9.18 Å². The van der Waals surface area contributed by atoms with Gasteiger partial charge in [-0.25, -0.2) is 14.2 Å². The summed E-state index contributed by atoms with van der Waals surface area (Å²) in [5.74, 6) is 0.541. The van der Waals surface area contributed by atoms with Crippen LogP contribution in [0.4, 0.5) is 14.9 Å². The molecule has 0 bridgehead atoms. The lowest BCUT2D eigenvalue weighted by Crippen LogP contribution is -2.40. The van der Waals surface area contributed by atoms with Gasteiger partial charge in [0.1, 0.15) is 17.2 Å². The molecular formula is C26H23ClFN3O2. The van der Waals surface area contributed by atoms with Crippen LogP contribution in [0.1, 0.15) is 30.5 Å². The number of benzene rings is 3. The van der Waals surface area contributed by atoms with Gasteiger partial charge in [0.2, 0.25) is 0 Å². The summed E-state index contributed by atoms with van der Waals surface area (Å²) in [6, 6.07) is 19.0. The van der Waals surface area contributed by atoms with Crippen molar-refractivity contribution in [3.8, 4) is 5.75 Å². The maximum Gasteiger partial charge on any atom is 0.340 e. The number of hydrogen-bond acceptors (Lipinski definition) is 3. The van der Waals surface area contributed by atoms with Crippen molar-refractivity contribution >= 4 is 34.6 Å². The molecule has 0 fully saturated rings. The van der Waals surface area contributed by atoms with E-state index >= 15 is 0 Å². The van der Waals surface area contributed by atoms with E-state index in [0.29, 0.717) is 17.3 Å². The summed E-state index contributed by atoms with van der Waals surface area (Å²) < 4.78 is 19.4. The summed E-state index contributed by atoms with van der Waals surface area (Å²) in [7, 11) is 0. The number of carbonyl (C=O) groups excluding carboxylic acids is 1. The molecule has 5 nitrogen and oxygen atoms in total. The number of anilines is 1. The quantitative estimate of drug-likeness (QED) is 0.492. The summed E-state index contributed by atoms with van der Waals surface area (Å²) in [5, 5.41) is 5.10. The van der Waals surface area contributed by atoms with Crippen molar-refractivity contribution in [1.29, 1.82) is 0 Å². The minimum atomic E-state index is -0.309. The van der Waals surface area contributed by atoms with Gasteiger partial charge in [-0.3, -0.25) is 5.43 Å². The summed E-state index contributed by atoms with van der Waals surface area (Å²) in [5.41, 5.74) is 8.11. The predicted molar refractivity (Wildman–Crippen MR) is 128 cm³/mol. The average Bonchev–Trinajstić information content (AvgIpc) is 3.34. The molecule has 3 aromatic rings. The number of halogens is 2. The molecule has 168 valence electrons. The van der Waals surface area contributed by atoms with Gasteiger partial charge in [0.15, 0.2) is 0 Å². The van der Waals surface area contributed by atoms with Crippen molar-refractivity contribution in [3.63, 3.8) is 0 Å². The first kappa shape index (κ1) is 21.3. The third-order valence-electron chi connectivity index (χ3n) is 5.75. The summed E-state index contributed by atoms with van der Waals surface area (Å²) in [6.07, 6.45) is 0.783. The standard InChI is InChI=1S/C26H23ClFN3O2/c1-26(2)14-18-13-21(11-12-23(18)33-26)29-25(32)31-15-22(16-5-9-20(28)10-6-16)24(30-31)17-3-7-19(27)8-4-17/h3-13,30H,14-15H2,1-2H3,(H,29,32). The molecule has 2 aliphatic heterocycles. The van der Waals surface area contributed by atoms with Crippen molar-refractivity contribution in [2.45, 2.75) is 25.9 Å². The Bertz CT molecular complexity index is 1200. The van der Waals surface area contributed by atoms with Gasteiger partial charge >= 0.3 is 6.03 Å². The second kappa shape index (κ2) is 8.12. The normalized spacial score (nSPS) is 16.3. The fourth-order valence-electron chi connectivity index (χ4n) is 4.22. The highest BCUT2D eigenvalue weighted by Crippen LogP contribution is 2.36. The van der Waals surface area contributed by atoms with Gasteiger partial charge < -0.3 is 10.1 Å². The zero-order chi connectivity index (χ0) is 23.2. The van der Waals surface area contributed by atoms with E-state index in [0.717, 1.165) is 40.1 Å². The largest absolute Gasteiger partial charge is 0.487 e. The molecule has 0 saturated carbocycles. The number of ether oxygens (including phenoxy) is 1. The number of fused-ring (bicyclic) bond motifs is 1. The molecule has 0 atom stereocenters. The third kappa shape index (κ3) is 4.39. The monoisotopic (exact) mass is 463 g/mol. The Hall–Kier alpha value is -3.51. The molecule has 2 N–H and O–H groups in total. The molecule has 5 rings (SSSR count). The molecule has 0 spiro atoms. The smallest absolute Gasteiger partial charge is 0.340 e. The Labute approximate surface area is 196 Å². The van der Waals surface area contributed by atoms with Gasteiger partial charge in [0, 0.05) is 28.3 Å². The SMILES string of the molecule is CC1(C)Cc2cc(NC(=O)N3CC(c4ccc(F)cc4)=C(c4ccc(Cl)cc4)N3)ccc2O1. The number of amides is 2. The fourth-order valence-corrected chi connectivity index (χ4v) is 4.35. The lowest BCUT2D eigenvalue weighted by molar-refractivity contribution is 0.138. The number of nitrogens with zero attached hydrogens (tertiary/aromatic N) is 1. The molecular weight excluding hydrogens is 441 g/mol. The highest BCUT2D eigenvalue weighted by Gasteiger charge is 2.31. The van der Waals surface area contributed by atoms with Gasteiger partial charge in [-0.15, -0.1) is 0 Å². The number of hydrazine groups is 1. The topological polar surface area (TPSA) is 53.6 Å². The minimum absolute atomic E-state index is 0.247. The van der Waals surface area contributed by atoms with Crippen LogP contribution in [0, 0.1) is 5.82 Å². The maximum absolute atomic E-state index is 13.5. The van der Waals surface area contributed by atoms with Gasteiger partial charge in [0.25, 0.3) is 0 Å². The second-order valence-corrected chi connectivity index (χ2v) is 9.29. The van der Waals surface area contributed by atoms with Crippen LogP contribution < -0.4 is 15.5 Å². The zero-order valence-corrected chi connectivity index (χ0v) is 19.0. The number of hydrogen-bond donors (Lipinski definition) is 2. The van der Waals surface area contributed by atoms with Crippen LogP contribution in [0.2, 0.25) is 5.02 Å². The van der Waals surface area contributed by atoms with Gasteiger partial charge in [-0.05, 0) is 67.4 Å². The molecule has 2 heterocycles. The molecule has 0 unspecified atom stereocenters. The van der Waals surface area contributed by atoms with E-state index < -0.39 is 0 Å². The van der Waals surface area contributed by atoms with Crippen LogP contribution in [0.25, 0.3) is 11.3 Å². The van der Waals surface area contributed by atoms with E-state index in [2.05, 4.69) is 10.7 Å². The average molecular weight is 464 g/mol. The molecule has 7 heteroatoms. The van der Waals surface area contributed by atoms with E-state index in [1.165, 1.54) is 17.1 Å². The van der Waals surface area contributed by atoms with Crippen LogP contribution in [-0.4, -0.2) is 23.2 Å². The predicted octanol–water partition coefficient (Wildman–Crippen LogP) is 6.11. The van der Waals surface area contributed by atoms with Gasteiger partial charge in [-0.1, -0.05) is 35.9 Å². The van der Waals surface area contributed by atoms with Crippen LogP contribution in [0.3, 0.4) is 0 Å². The fraction of sp³-hybridized carbons (Fsp3) is 0.192. The first-order valence-electron chi connectivity index (χ1n) is 10.7. The maximum atomic E-state index is 13.5. The first-order valence-corrected chi connectivity index (χ1v) is 11.1. The number of nitrogens with one attached hydrogen (secondary N) is 2. The summed E-state index contributed by atoms with van der Waals surface area (Å²) in [4.78, 5) is 13.1. The molecule has 0 aliphatic carbocycles. The number of carbonyl (C=O) groups is 1. The number of rotatable bonds is 3. The minimum Gasteiger partial charge on any atom is -0.487 e. The summed E-state index contributed by atoms with van der Waals surface area (Å²) in [6.45, 7) is 4.40. The third-order valence-corrected chi connectivity index (χ3v) is 6.00. The van der Waals surface area contributed by atoms with Gasteiger partial charge in [0.05, 0.1) is 12.2 Å². The highest BCUT2D eigenvalue weighted by atomic mass is 35.5. The molecule has 3 aromatic carbocycles. The molecule has 2 aliphatic rings. The lowest BCUT2D eigenvalue weighted by atomic mass is 10.0. The Morgan fingerprint density at radius 1 is 1.06 bits per heavy atom. The number of urea groups is 1. The van der Waals surface area contributed by atoms with Crippen molar-refractivity contribution in [3.05, 3.63) is 94.3 Å². The molecule has 0 saturated heterocycles. The highest BCUT2D eigenvalue weighted by molar-refractivity contribution is 6.30. The van der Waals surface area contributed by atoms with Crippen LogP contribution in [-0.2, 0) is 6.42 Å². The zero-order valence-electron chi connectivity index (χ0n) is 18.3. The van der Waals surface area contributed by atoms with Gasteiger partial charge in [-0.2, -0.15) is 0 Å². The van der Waals surface area contributed by atoms with Crippen molar-refractivity contribution in [2.75, 3.05) is 11.9 Å². The van der Waals surface area contributed by atoms with Crippen molar-refractivity contribution in [2.24, 2.45) is 0 Å². The van der Waals surface area contributed by atoms with Crippen LogP contribution >= 0.6 is 11.6 Å². The molecule has 33 heavy (non-hydrogen) atoms. The summed E-state index contributed by atoms with van der Waals surface area (Å²) >= 11 is 6.05. The molecule has 0 radical (unpaired) electrons.